The molecule has 0 aliphatic carbocycles. The van der Waals surface area contributed by atoms with Crippen LogP contribution >= 0.6 is 23.2 Å². The zero-order valence-electron chi connectivity index (χ0n) is 22.4. The van der Waals surface area contributed by atoms with Gasteiger partial charge in [-0.2, -0.15) is 13.2 Å². The van der Waals surface area contributed by atoms with E-state index in [4.69, 9.17) is 27.9 Å². The van der Waals surface area contributed by atoms with Gasteiger partial charge in [0.05, 0.1) is 11.1 Å². The number of benzene rings is 3. The van der Waals surface area contributed by atoms with Crippen LogP contribution in [0, 0.1) is 6.92 Å². The molecular weight excluding hydrogens is 572 g/mol. The zero-order valence-corrected chi connectivity index (χ0v) is 23.9. The van der Waals surface area contributed by atoms with Crippen LogP contribution in [-0.4, -0.2) is 53.1 Å². The number of likely N-dealkylation sites (tertiary alicyclic amines) is 2. The third-order valence-corrected chi connectivity index (χ3v) is 8.45. The van der Waals surface area contributed by atoms with Gasteiger partial charge in [0.2, 0.25) is 0 Å². The molecule has 3 heterocycles. The van der Waals surface area contributed by atoms with Gasteiger partial charge in [-0.15, -0.1) is 0 Å². The predicted molar refractivity (Wildman–Crippen MR) is 157 cm³/mol. The van der Waals surface area contributed by atoms with Crippen LogP contribution in [0.4, 0.5) is 24.5 Å². The van der Waals surface area contributed by atoms with Gasteiger partial charge in [-0.3, -0.25) is 14.8 Å². The first-order chi connectivity index (χ1) is 19.6. The maximum absolute atomic E-state index is 13.8. The molecule has 41 heavy (non-hydrogen) atoms. The Bertz CT molecular complexity index is 1580. The summed E-state index contributed by atoms with van der Waals surface area (Å²) >= 11 is 12.4. The van der Waals surface area contributed by atoms with Crippen LogP contribution in [0.1, 0.15) is 23.2 Å². The van der Waals surface area contributed by atoms with Crippen molar-refractivity contribution < 1.29 is 17.9 Å². The minimum absolute atomic E-state index is 0.181. The van der Waals surface area contributed by atoms with E-state index in [2.05, 4.69) is 20.1 Å². The third kappa shape index (κ3) is 6.26. The first-order valence-corrected chi connectivity index (χ1v) is 14.3. The molecule has 6 rings (SSSR count). The normalized spacial score (nSPS) is 19.3. The SMILES string of the molecule is Cc1cc(Nc2cc(OCCN3C[C@H]4C[C@@H]3CN4Cc3ccc(Cl)cc3Cl)cc(C(F)(F)F)c2)c2ccccc2n1. The number of para-hydroxylation sites is 1. The lowest BCUT2D eigenvalue weighted by molar-refractivity contribution is -0.137. The lowest BCUT2D eigenvalue weighted by atomic mass is 10.1. The van der Waals surface area contributed by atoms with Crippen molar-refractivity contribution in [3.05, 3.63) is 93.6 Å². The Labute approximate surface area is 246 Å². The number of pyridine rings is 1. The lowest BCUT2D eigenvalue weighted by Gasteiger charge is -2.34. The van der Waals surface area contributed by atoms with Crippen molar-refractivity contribution in [1.29, 1.82) is 0 Å². The number of piperazine rings is 1. The monoisotopic (exact) mass is 600 g/mol. The molecule has 2 atom stereocenters. The summed E-state index contributed by atoms with van der Waals surface area (Å²) < 4.78 is 47.3. The Balaban J connectivity index is 1.11. The highest BCUT2D eigenvalue weighted by molar-refractivity contribution is 6.35. The van der Waals surface area contributed by atoms with E-state index in [1.165, 1.54) is 0 Å². The number of halogens is 5. The van der Waals surface area contributed by atoms with E-state index in [1.807, 2.05) is 49.4 Å². The summed E-state index contributed by atoms with van der Waals surface area (Å²) in [5, 5.41) is 5.30. The molecule has 2 saturated heterocycles. The van der Waals surface area contributed by atoms with Crippen molar-refractivity contribution in [3.8, 4) is 5.75 Å². The molecular formula is C31H29Cl2F3N4O. The van der Waals surface area contributed by atoms with Gasteiger partial charge in [0.25, 0.3) is 0 Å². The summed E-state index contributed by atoms with van der Waals surface area (Å²) in [5.74, 6) is 0.181. The van der Waals surface area contributed by atoms with Crippen LogP contribution in [0.15, 0.2) is 66.7 Å². The molecule has 2 fully saturated rings. The summed E-state index contributed by atoms with van der Waals surface area (Å²) in [6.45, 7) is 5.38. The van der Waals surface area contributed by atoms with Crippen molar-refractivity contribution in [2.75, 3.05) is 31.6 Å². The van der Waals surface area contributed by atoms with Gasteiger partial charge in [-0.1, -0.05) is 47.5 Å². The first-order valence-electron chi connectivity index (χ1n) is 13.5. The lowest BCUT2D eigenvalue weighted by Crippen LogP contribution is -2.47. The molecule has 214 valence electrons. The molecule has 4 aromatic rings. The molecule has 2 bridgehead atoms. The standard InChI is InChI=1S/C31H29Cl2F3N4O/c1-19-10-30(27-4-2-3-5-29(27)37-19)38-23-11-21(31(34,35)36)12-26(14-23)41-9-8-39-17-25-15-24(39)18-40(25)16-20-6-7-22(32)13-28(20)33/h2-7,10-14,24-25H,8-9,15-18H2,1H3,(H,37,38)/t24-,25-/m1/s1. The molecule has 0 unspecified atom stereocenters. The summed E-state index contributed by atoms with van der Waals surface area (Å²) in [5.41, 5.74) is 2.84. The molecule has 0 amide bonds. The van der Waals surface area contributed by atoms with Crippen LogP contribution < -0.4 is 10.1 Å². The number of rotatable bonds is 8. The third-order valence-electron chi connectivity index (χ3n) is 7.86. The second kappa shape index (κ2) is 11.3. The maximum atomic E-state index is 13.8. The highest BCUT2D eigenvalue weighted by Gasteiger charge is 2.42. The quantitative estimate of drug-likeness (QED) is 0.222. The van der Waals surface area contributed by atoms with E-state index in [1.54, 1.807) is 12.1 Å². The molecule has 3 aromatic carbocycles. The number of anilines is 2. The average Bonchev–Trinajstić information content (AvgIpc) is 3.50. The Morgan fingerprint density at radius 2 is 1.76 bits per heavy atom. The van der Waals surface area contributed by atoms with E-state index in [0.29, 0.717) is 46.7 Å². The topological polar surface area (TPSA) is 40.6 Å². The Morgan fingerprint density at radius 3 is 2.51 bits per heavy atom. The Morgan fingerprint density at radius 1 is 0.976 bits per heavy atom. The summed E-state index contributed by atoms with van der Waals surface area (Å²) in [7, 11) is 0. The maximum Gasteiger partial charge on any atom is 0.416 e. The van der Waals surface area contributed by atoms with Crippen molar-refractivity contribution in [2.24, 2.45) is 0 Å². The fourth-order valence-corrected chi connectivity index (χ4v) is 6.40. The number of hydrogen-bond acceptors (Lipinski definition) is 5. The number of nitrogens with one attached hydrogen (secondary N) is 1. The molecule has 0 spiro atoms. The second-order valence-electron chi connectivity index (χ2n) is 10.7. The van der Waals surface area contributed by atoms with Crippen LogP contribution in [-0.2, 0) is 12.7 Å². The van der Waals surface area contributed by atoms with Gasteiger partial charge in [0, 0.05) is 76.8 Å². The van der Waals surface area contributed by atoms with Gasteiger partial charge in [0.1, 0.15) is 12.4 Å². The van der Waals surface area contributed by atoms with Gasteiger partial charge < -0.3 is 10.1 Å². The minimum atomic E-state index is -4.50. The van der Waals surface area contributed by atoms with E-state index in [9.17, 15) is 13.2 Å². The fraction of sp³-hybridized carbons (Fsp3) is 0.323. The smallest absolute Gasteiger partial charge is 0.416 e. The molecule has 0 radical (unpaired) electrons. The van der Waals surface area contributed by atoms with Crippen molar-refractivity contribution >= 4 is 45.5 Å². The predicted octanol–water partition coefficient (Wildman–Crippen LogP) is 7.95. The number of ether oxygens (including phenoxy) is 1. The van der Waals surface area contributed by atoms with Gasteiger partial charge in [-0.05, 0) is 55.3 Å². The molecule has 0 saturated carbocycles. The molecule has 5 nitrogen and oxygen atoms in total. The summed E-state index contributed by atoms with van der Waals surface area (Å²) in [4.78, 5) is 9.32. The Kier molecular flexibility index (Phi) is 7.76. The fourth-order valence-electron chi connectivity index (χ4n) is 5.93. The van der Waals surface area contributed by atoms with E-state index in [-0.39, 0.29) is 5.75 Å². The van der Waals surface area contributed by atoms with Gasteiger partial charge in [-0.25, -0.2) is 0 Å². The highest BCUT2D eigenvalue weighted by Crippen LogP contribution is 2.37. The second-order valence-corrected chi connectivity index (χ2v) is 11.6. The van der Waals surface area contributed by atoms with E-state index in [0.717, 1.165) is 60.3 Å². The van der Waals surface area contributed by atoms with Crippen LogP contribution in [0.25, 0.3) is 10.9 Å². The number of hydrogen-bond donors (Lipinski definition) is 1. The molecule has 1 aromatic heterocycles. The number of fused-ring (bicyclic) bond motifs is 3. The number of nitrogens with zero attached hydrogens (tertiary/aromatic N) is 3. The molecule has 2 aliphatic rings. The largest absolute Gasteiger partial charge is 0.492 e. The summed E-state index contributed by atoms with van der Waals surface area (Å²) in [6.07, 6.45) is -3.45. The van der Waals surface area contributed by atoms with Crippen LogP contribution in [0.5, 0.6) is 5.75 Å². The first kappa shape index (κ1) is 28.1. The average molecular weight is 602 g/mol. The number of alkyl halides is 3. The van der Waals surface area contributed by atoms with Crippen molar-refractivity contribution in [2.45, 2.75) is 38.1 Å². The van der Waals surface area contributed by atoms with Crippen LogP contribution in [0.3, 0.4) is 0 Å². The zero-order chi connectivity index (χ0) is 28.7. The minimum Gasteiger partial charge on any atom is -0.492 e. The number of aromatic nitrogens is 1. The van der Waals surface area contributed by atoms with Gasteiger partial charge in [0.15, 0.2) is 0 Å². The molecule has 10 heteroatoms. The molecule has 2 aliphatic heterocycles. The van der Waals surface area contributed by atoms with E-state index >= 15 is 0 Å². The van der Waals surface area contributed by atoms with Crippen molar-refractivity contribution in [1.82, 2.24) is 14.8 Å². The van der Waals surface area contributed by atoms with Gasteiger partial charge >= 0.3 is 6.18 Å². The summed E-state index contributed by atoms with van der Waals surface area (Å²) in [6, 6.07) is 19.5. The van der Waals surface area contributed by atoms with Crippen LogP contribution in [0.2, 0.25) is 10.0 Å². The van der Waals surface area contributed by atoms with Crippen molar-refractivity contribution in [3.63, 3.8) is 0 Å². The van der Waals surface area contributed by atoms with E-state index < -0.39 is 11.7 Å². The molecule has 1 N–H and O–H groups in total. The number of aryl methyl sites for hydroxylation is 1. The Hall–Kier alpha value is -3.04. The highest BCUT2D eigenvalue weighted by atomic mass is 35.5.